The highest BCUT2D eigenvalue weighted by Crippen LogP contribution is 2.29. The minimum Gasteiger partial charge on any atom is -0.489 e. The van der Waals surface area contributed by atoms with E-state index in [0.29, 0.717) is 25.4 Å². The molecule has 4 rings (SSSR count). The number of carbonyl (C=O) groups is 1. The zero-order chi connectivity index (χ0) is 24.5. The molecule has 1 aliphatic rings. The Morgan fingerprint density at radius 2 is 1.80 bits per heavy atom. The van der Waals surface area contributed by atoms with Crippen molar-refractivity contribution in [3.63, 3.8) is 0 Å². The Bertz CT molecular complexity index is 1190. The van der Waals surface area contributed by atoms with Crippen molar-refractivity contribution in [2.75, 3.05) is 13.2 Å². The van der Waals surface area contributed by atoms with E-state index in [1.165, 1.54) is 0 Å². The quantitative estimate of drug-likeness (QED) is 0.207. The molecule has 0 spiro atoms. The van der Waals surface area contributed by atoms with Gasteiger partial charge in [0.1, 0.15) is 12.4 Å². The number of hydrogen-bond acceptors (Lipinski definition) is 5. The summed E-state index contributed by atoms with van der Waals surface area (Å²) in [6.45, 7) is 1.51. The standard InChI is InChI=1S/C27H27N3O5/c28-30-29-26(19-6-2-1-3-7-19)21-9-4-10-24(17-21)35-18-23-13-12-22(27(31)32)16-20(23)8-5-11-25-33-14-15-34-25/h1-4,6-7,9-10,12-13,16-17,25-26H,5,8,11,14-15,18H2,(H,31,32). The highest BCUT2D eigenvalue weighted by molar-refractivity contribution is 5.87. The second-order valence-electron chi connectivity index (χ2n) is 8.23. The van der Waals surface area contributed by atoms with Gasteiger partial charge >= 0.3 is 5.97 Å². The van der Waals surface area contributed by atoms with Crippen molar-refractivity contribution in [3.05, 3.63) is 111 Å². The predicted molar refractivity (Wildman–Crippen MR) is 130 cm³/mol. The molecule has 0 radical (unpaired) electrons. The molecule has 180 valence electrons. The van der Waals surface area contributed by atoms with Gasteiger partial charge in [-0.3, -0.25) is 0 Å². The van der Waals surface area contributed by atoms with Gasteiger partial charge in [0.2, 0.25) is 0 Å². The van der Waals surface area contributed by atoms with Crippen molar-refractivity contribution in [1.82, 2.24) is 0 Å². The first kappa shape index (κ1) is 24.3. The Labute approximate surface area is 203 Å². The van der Waals surface area contributed by atoms with E-state index in [4.69, 9.17) is 19.7 Å². The van der Waals surface area contributed by atoms with Gasteiger partial charge in [-0.15, -0.1) is 0 Å². The fourth-order valence-corrected chi connectivity index (χ4v) is 4.11. The van der Waals surface area contributed by atoms with E-state index in [1.807, 2.05) is 54.6 Å². The lowest BCUT2D eigenvalue weighted by molar-refractivity contribution is -0.0475. The summed E-state index contributed by atoms with van der Waals surface area (Å²) in [5, 5.41) is 13.4. The molecule has 0 amide bonds. The number of aryl methyl sites for hydroxylation is 1. The van der Waals surface area contributed by atoms with E-state index in [2.05, 4.69) is 10.0 Å². The molecule has 1 unspecified atom stereocenters. The van der Waals surface area contributed by atoms with Gasteiger partial charge in [-0.1, -0.05) is 53.6 Å². The molecule has 1 N–H and O–H groups in total. The van der Waals surface area contributed by atoms with Gasteiger partial charge in [-0.25, -0.2) is 4.79 Å². The lowest BCUT2D eigenvalue weighted by Gasteiger charge is -2.16. The number of azide groups is 1. The first-order chi connectivity index (χ1) is 17.1. The fraction of sp³-hybridized carbons (Fsp3) is 0.296. The SMILES string of the molecule is [N-]=[N+]=NC(c1ccccc1)c1cccc(OCc2ccc(C(=O)O)cc2CCCC2OCCO2)c1. The first-order valence-corrected chi connectivity index (χ1v) is 11.5. The third-order valence-electron chi connectivity index (χ3n) is 5.88. The van der Waals surface area contributed by atoms with E-state index in [1.54, 1.807) is 18.2 Å². The average Bonchev–Trinajstić information content (AvgIpc) is 3.40. The Hall–Kier alpha value is -3.84. The van der Waals surface area contributed by atoms with Gasteiger partial charge in [0, 0.05) is 4.91 Å². The van der Waals surface area contributed by atoms with Crippen LogP contribution in [0.1, 0.15) is 51.5 Å². The molecule has 8 heteroatoms. The minimum absolute atomic E-state index is 0.186. The van der Waals surface area contributed by atoms with E-state index < -0.39 is 12.0 Å². The molecular formula is C27H27N3O5. The van der Waals surface area contributed by atoms with Crippen LogP contribution >= 0.6 is 0 Å². The molecule has 1 aliphatic heterocycles. The fourth-order valence-electron chi connectivity index (χ4n) is 4.11. The summed E-state index contributed by atoms with van der Waals surface area (Å²) in [7, 11) is 0. The van der Waals surface area contributed by atoms with E-state index in [0.717, 1.165) is 35.1 Å². The van der Waals surface area contributed by atoms with Crippen LogP contribution in [-0.4, -0.2) is 30.6 Å². The summed E-state index contributed by atoms with van der Waals surface area (Å²) in [4.78, 5) is 14.5. The maximum absolute atomic E-state index is 11.5. The van der Waals surface area contributed by atoms with Gasteiger partial charge in [0.25, 0.3) is 0 Å². The van der Waals surface area contributed by atoms with Gasteiger partial charge in [-0.2, -0.15) is 0 Å². The number of benzene rings is 3. The molecule has 0 bridgehead atoms. The number of carboxylic acids is 1. The van der Waals surface area contributed by atoms with Crippen LogP contribution in [-0.2, 0) is 22.5 Å². The summed E-state index contributed by atoms with van der Waals surface area (Å²) in [5.74, 6) is -0.323. The number of aromatic carboxylic acids is 1. The Morgan fingerprint density at radius 3 is 2.54 bits per heavy atom. The lowest BCUT2D eigenvalue weighted by atomic mass is 9.99. The summed E-state index contributed by atoms with van der Waals surface area (Å²) in [6.07, 6.45) is 2.06. The normalized spacial score (nSPS) is 14.3. The van der Waals surface area contributed by atoms with Gasteiger partial charge in [0.15, 0.2) is 6.29 Å². The van der Waals surface area contributed by atoms with Crippen LogP contribution in [0.2, 0.25) is 0 Å². The van der Waals surface area contributed by atoms with Crippen molar-refractivity contribution >= 4 is 5.97 Å². The molecule has 1 saturated heterocycles. The average molecular weight is 474 g/mol. The van der Waals surface area contributed by atoms with Crippen molar-refractivity contribution in [1.29, 1.82) is 0 Å². The van der Waals surface area contributed by atoms with Gasteiger partial charge in [0.05, 0.1) is 24.8 Å². The number of nitrogens with zero attached hydrogens (tertiary/aromatic N) is 3. The third kappa shape index (κ3) is 6.61. The van der Waals surface area contributed by atoms with E-state index in [-0.39, 0.29) is 18.5 Å². The molecule has 3 aromatic carbocycles. The van der Waals surface area contributed by atoms with E-state index >= 15 is 0 Å². The molecule has 3 aromatic rings. The van der Waals surface area contributed by atoms with Crippen LogP contribution in [0.4, 0.5) is 0 Å². The Morgan fingerprint density at radius 1 is 1.03 bits per heavy atom. The number of ether oxygens (including phenoxy) is 3. The lowest BCUT2D eigenvalue weighted by Crippen LogP contribution is -2.09. The largest absolute Gasteiger partial charge is 0.489 e. The molecule has 1 atom stereocenters. The van der Waals surface area contributed by atoms with Crippen LogP contribution in [0.15, 0.2) is 77.9 Å². The number of rotatable bonds is 11. The number of hydrogen-bond donors (Lipinski definition) is 1. The highest BCUT2D eigenvalue weighted by atomic mass is 16.7. The van der Waals surface area contributed by atoms with Crippen LogP contribution < -0.4 is 4.74 Å². The Balaban J connectivity index is 1.48. The molecule has 1 heterocycles. The molecule has 8 nitrogen and oxygen atoms in total. The summed E-state index contributed by atoms with van der Waals surface area (Å²) in [5.41, 5.74) is 12.9. The second kappa shape index (κ2) is 12.0. The summed E-state index contributed by atoms with van der Waals surface area (Å²) >= 11 is 0. The molecule has 0 aromatic heterocycles. The van der Waals surface area contributed by atoms with Crippen molar-refractivity contribution in [3.8, 4) is 5.75 Å². The maximum Gasteiger partial charge on any atom is 0.335 e. The first-order valence-electron chi connectivity index (χ1n) is 11.5. The minimum atomic E-state index is -0.959. The summed E-state index contributed by atoms with van der Waals surface area (Å²) < 4.78 is 17.1. The van der Waals surface area contributed by atoms with Crippen molar-refractivity contribution in [2.45, 2.75) is 38.2 Å². The van der Waals surface area contributed by atoms with Crippen LogP contribution in [0.3, 0.4) is 0 Å². The van der Waals surface area contributed by atoms with Crippen LogP contribution in [0.5, 0.6) is 5.75 Å². The van der Waals surface area contributed by atoms with E-state index in [9.17, 15) is 9.90 Å². The highest BCUT2D eigenvalue weighted by Gasteiger charge is 2.17. The van der Waals surface area contributed by atoms with Gasteiger partial charge < -0.3 is 19.3 Å². The Kier molecular flexibility index (Phi) is 8.35. The third-order valence-corrected chi connectivity index (χ3v) is 5.88. The second-order valence-corrected chi connectivity index (χ2v) is 8.23. The summed E-state index contributed by atoms with van der Waals surface area (Å²) in [6, 6.07) is 21.7. The van der Waals surface area contributed by atoms with Gasteiger partial charge in [-0.05, 0) is 71.3 Å². The maximum atomic E-state index is 11.5. The molecule has 0 saturated carbocycles. The monoisotopic (exact) mass is 473 g/mol. The molecular weight excluding hydrogens is 446 g/mol. The molecule has 1 fully saturated rings. The topological polar surface area (TPSA) is 114 Å². The number of carboxylic acid groups (broad SMARTS) is 1. The van der Waals surface area contributed by atoms with Crippen LogP contribution in [0.25, 0.3) is 10.4 Å². The van der Waals surface area contributed by atoms with Crippen molar-refractivity contribution < 1.29 is 24.1 Å². The van der Waals surface area contributed by atoms with Crippen molar-refractivity contribution in [2.24, 2.45) is 5.11 Å². The predicted octanol–water partition coefficient (Wildman–Crippen LogP) is 6.06. The molecule has 0 aliphatic carbocycles. The zero-order valence-corrected chi connectivity index (χ0v) is 19.2. The molecule has 35 heavy (non-hydrogen) atoms. The zero-order valence-electron chi connectivity index (χ0n) is 19.2. The smallest absolute Gasteiger partial charge is 0.335 e. The van der Waals surface area contributed by atoms with Crippen LogP contribution in [0, 0.1) is 0 Å².